The summed E-state index contributed by atoms with van der Waals surface area (Å²) in [5, 5.41) is 0. The van der Waals surface area contributed by atoms with E-state index < -0.39 is 0 Å². The van der Waals surface area contributed by atoms with Gasteiger partial charge < -0.3 is 4.74 Å². The Labute approximate surface area is 84.0 Å². The SMILES string of the molecule is O=C(CCCCCS)OCCCl. The molecule has 0 fully saturated rings. The van der Waals surface area contributed by atoms with E-state index in [1.54, 1.807) is 0 Å². The van der Waals surface area contributed by atoms with Gasteiger partial charge in [0.15, 0.2) is 0 Å². The summed E-state index contributed by atoms with van der Waals surface area (Å²) >= 11 is 9.41. The minimum Gasteiger partial charge on any atom is -0.464 e. The number of esters is 1. The summed E-state index contributed by atoms with van der Waals surface area (Å²) in [5.74, 6) is 1.12. The van der Waals surface area contributed by atoms with Crippen molar-refractivity contribution >= 4 is 30.2 Å². The molecule has 0 unspecified atom stereocenters. The number of thiol groups is 1. The molecule has 0 heterocycles. The number of hydrogen-bond donors (Lipinski definition) is 1. The van der Waals surface area contributed by atoms with Crippen molar-refractivity contribution in [3.63, 3.8) is 0 Å². The maximum Gasteiger partial charge on any atom is 0.305 e. The Balaban J connectivity index is 3.08. The minimum atomic E-state index is -0.144. The third-order valence-corrected chi connectivity index (χ3v) is 1.85. The predicted octanol–water partition coefficient (Wildman–Crippen LogP) is 2.26. The molecular formula is C8H15ClO2S. The van der Waals surface area contributed by atoms with Crippen molar-refractivity contribution in [2.45, 2.75) is 25.7 Å². The quantitative estimate of drug-likeness (QED) is 0.302. The molecule has 0 aliphatic carbocycles. The molecule has 0 rings (SSSR count). The molecule has 0 aliphatic heterocycles. The second-order valence-electron chi connectivity index (χ2n) is 2.44. The van der Waals surface area contributed by atoms with E-state index in [0.717, 1.165) is 25.0 Å². The average molecular weight is 211 g/mol. The first-order valence-corrected chi connectivity index (χ1v) is 5.30. The summed E-state index contributed by atoms with van der Waals surface area (Å²) < 4.78 is 4.78. The third-order valence-electron chi connectivity index (χ3n) is 1.38. The average Bonchev–Trinajstić information content (AvgIpc) is 2.09. The molecule has 0 saturated carbocycles. The van der Waals surface area contributed by atoms with Crippen molar-refractivity contribution in [1.82, 2.24) is 0 Å². The molecule has 0 amide bonds. The molecule has 2 nitrogen and oxygen atoms in total. The summed E-state index contributed by atoms with van der Waals surface area (Å²) in [6, 6.07) is 0. The topological polar surface area (TPSA) is 26.3 Å². The molecule has 4 heteroatoms. The summed E-state index contributed by atoms with van der Waals surface area (Å²) in [6.07, 6.45) is 3.50. The maximum atomic E-state index is 10.9. The second kappa shape index (κ2) is 9.20. The van der Waals surface area contributed by atoms with E-state index in [0.29, 0.717) is 18.9 Å². The van der Waals surface area contributed by atoms with Crippen LogP contribution in [0, 0.1) is 0 Å². The van der Waals surface area contributed by atoms with Crippen LogP contribution >= 0.6 is 24.2 Å². The molecule has 0 bridgehead atoms. The minimum absolute atomic E-state index is 0.144. The molecule has 0 aromatic heterocycles. The number of unbranched alkanes of at least 4 members (excludes halogenated alkanes) is 2. The second-order valence-corrected chi connectivity index (χ2v) is 3.27. The molecule has 0 saturated heterocycles. The molecule has 12 heavy (non-hydrogen) atoms. The van der Waals surface area contributed by atoms with E-state index in [2.05, 4.69) is 12.6 Å². The van der Waals surface area contributed by atoms with Gasteiger partial charge in [0, 0.05) is 6.42 Å². The first-order valence-electron chi connectivity index (χ1n) is 4.13. The highest BCUT2D eigenvalue weighted by Crippen LogP contribution is 2.02. The molecule has 0 aromatic carbocycles. The Morgan fingerprint density at radius 3 is 2.67 bits per heavy atom. The van der Waals surface area contributed by atoms with Crippen LogP contribution in [0.4, 0.5) is 0 Å². The Kier molecular flexibility index (Phi) is 9.28. The van der Waals surface area contributed by atoms with Crippen LogP contribution in [-0.4, -0.2) is 24.2 Å². The van der Waals surface area contributed by atoms with Gasteiger partial charge in [-0.15, -0.1) is 11.6 Å². The third kappa shape index (κ3) is 8.21. The van der Waals surface area contributed by atoms with Gasteiger partial charge in [-0.2, -0.15) is 12.6 Å². The fourth-order valence-electron chi connectivity index (χ4n) is 0.782. The predicted molar refractivity (Wildman–Crippen MR) is 54.0 cm³/mol. The molecule has 0 spiro atoms. The molecule has 0 atom stereocenters. The largest absolute Gasteiger partial charge is 0.464 e. The molecular weight excluding hydrogens is 196 g/mol. The highest BCUT2D eigenvalue weighted by molar-refractivity contribution is 7.80. The monoisotopic (exact) mass is 210 g/mol. The molecule has 0 N–H and O–H groups in total. The van der Waals surface area contributed by atoms with Gasteiger partial charge in [-0.05, 0) is 18.6 Å². The van der Waals surface area contributed by atoms with E-state index in [4.69, 9.17) is 16.3 Å². The fraction of sp³-hybridized carbons (Fsp3) is 0.875. The number of halogens is 1. The van der Waals surface area contributed by atoms with Crippen LogP contribution in [0.3, 0.4) is 0 Å². The lowest BCUT2D eigenvalue weighted by atomic mass is 10.2. The number of carbonyl (C=O) groups is 1. The summed E-state index contributed by atoms with van der Waals surface area (Å²) in [7, 11) is 0. The van der Waals surface area contributed by atoms with Gasteiger partial charge >= 0.3 is 5.97 Å². The van der Waals surface area contributed by atoms with Gasteiger partial charge in [-0.25, -0.2) is 0 Å². The van der Waals surface area contributed by atoms with Gasteiger partial charge in [-0.1, -0.05) is 6.42 Å². The molecule has 72 valence electrons. The standard InChI is InChI=1S/C8H15ClO2S/c9-5-6-11-8(10)4-2-1-3-7-12/h12H,1-7H2. The highest BCUT2D eigenvalue weighted by atomic mass is 35.5. The van der Waals surface area contributed by atoms with E-state index in [9.17, 15) is 4.79 Å². The van der Waals surface area contributed by atoms with Crippen LogP contribution in [-0.2, 0) is 9.53 Å². The van der Waals surface area contributed by atoms with Crippen LogP contribution in [0.2, 0.25) is 0 Å². The van der Waals surface area contributed by atoms with Crippen LogP contribution in [0.5, 0.6) is 0 Å². The smallest absolute Gasteiger partial charge is 0.305 e. The number of alkyl halides is 1. The number of ether oxygens (including phenoxy) is 1. The van der Waals surface area contributed by atoms with Gasteiger partial charge in [0.2, 0.25) is 0 Å². The van der Waals surface area contributed by atoms with Crippen molar-refractivity contribution < 1.29 is 9.53 Å². The maximum absolute atomic E-state index is 10.9. The van der Waals surface area contributed by atoms with Crippen molar-refractivity contribution in [2.75, 3.05) is 18.2 Å². The van der Waals surface area contributed by atoms with E-state index >= 15 is 0 Å². The van der Waals surface area contributed by atoms with Crippen molar-refractivity contribution in [3.8, 4) is 0 Å². The summed E-state index contributed by atoms with van der Waals surface area (Å²) in [6.45, 7) is 0.326. The van der Waals surface area contributed by atoms with Crippen LogP contribution in [0.1, 0.15) is 25.7 Å². The number of rotatable bonds is 7. The Bertz CT molecular complexity index is 120. The summed E-state index contributed by atoms with van der Waals surface area (Å²) in [4.78, 5) is 10.9. The lowest BCUT2D eigenvalue weighted by Crippen LogP contribution is -2.06. The van der Waals surface area contributed by atoms with E-state index in [1.165, 1.54) is 0 Å². The first kappa shape index (κ1) is 12.1. The zero-order valence-corrected chi connectivity index (χ0v) is 8.74. The first-order chi connectivity index (χ1) is 5.81. The van der Waals surface area contributed by atoms with Gasteiger partial charge in [0.25, 0.3) is 0 Å². The van der Waals surface area contributed by atoms with E-state index in [-0.39, 0.29) is 5.97 Å². The summed E-state index contributed by atoms with van der Waals surface area (Å²) in [5.41, 5.74) is 0. The number of hydrogen-bond acceptors (Lipinski definition) is 3. The van der Waals surface area contributed by atoms with Crippen LogP contribution in [0.25, 0.3) is 0 Å². The molecule has 0 radical (unpaired) electrons. The van der Waals surface area contributed by atoms with Crippen LogP contribution < -0.4 is 0 Å². The lowest BCUT2D eigenvalue weighted by Gasteiger charge is -2.01. The lowest BCUT2D eigenvalue weighted by molar-refractivity contribution is -0.143. The number of carbonyl (C=O) groups excluding carboxylic acids is 1. The Morgan fingerprint density at radius 1 is 1.33 bits per heavy atom. The zero-order chi connectivity index (χ0) is 9.23. The van der Waals surface area contributed by atoms with Crippen molar-refractivity contribution in [1.29, 1.82) is 0 Å². The van der Waals surface area contributed by atoms with Crippen molar-refractivity contribution in [3.05, 3.63) is 0 Å². The molecule has 0 aliphatic rings. The van der Waals surface area contributed by atoms with Gasteiger partial charge in [0.1, 0.15) is 6.61 Å². The van der Waals surface area contributed by atoms with Crippen LogP contribution in [0.15, 0.2) is 0 Å². The van der Waals surface area contributed by atoms with Gasteiger partial charge in [0.05, 0.1) is 5.88 Å². The van der Waals surface area contributed by atoms with E-state index in [1.807, 2.05) is 0 Å². The normalized spacial score (nSPS) is 9.83. The Morgan fingerprint density at radius 2 is 2.08 bits per heavy atom. The zero-order valence-electron chi connectivity index (χ0n) is 7.09. The molecule has 0 aromatic rings. The Hall–Kier alpha value is 0.110. The highest BCUT2D eigenvalue weighted by Gasteiger charge is 2.00. The van der Waals surface area contributed by atoms with Gasteiger partial charge in [-0.3, -0.25) is 4.79 Å². The fourth-order valence-corrected chi connectivity index (χ4v) is 1.08. The van der Waals surface area contributed by atoms with Crippen molar-refractivity contribution in [2.24, 2.45) is 0 Å².